The van der Waals surface area contributed by atoms with E-state index in [9.17, 15) is 30.8 Å². The molecule has 0 bridgehead atoms. The van der Waals surface area contributed by atoms with E-state index in [4.69, 9.17) is 0 Å². The Morgan fingerprint density at radius 1 is 1.19 bits per heavy atom. The number of pyridine rings is 1. The summed E-state index contributed by atoms with van der Waals surface area (Å²) in [5, 5.41) is 5.21. The van der Waals surface area contributed by atoms with E-state index in [2.05, 4.69) is 15.6 Å². The Labute approximate surface area is 176 Å². The molecule has 0 aliphatic heterocycles. The van der Waals surface area contributed by atoms with Gasteiger partial charge in [-0.1, -0.05) is 6.07 Å². The minimum Gasteiger partial charge on any atom is -0.370 e. The van der Waals surface area contributed by atoms with Crippen LogP contribution < -0.4 is 15.4 Å². The molecule has 0 aliphatic carbocycles. The van der Waals surface area contributed by atoms with Gasteiger partial charge in [0.05, 0.1) is 11.9 Å². The minimum absolute atomic E-state index is 0.0163. The summed E-state index contributed by atoms with van der Waals surface area (Å²) in [6.45, 7) is 1.97. The highest BCUT2D eigenvalue weighted by Gasteiger charge is 2.32. The van der Waals surface area contributed by atoms with Gasteiger partial charge in [0.1, 0.15) is 17.3 Å². The normalized spacial score (nSPS) is 12.1. The Morgan fingerprint density at radius 2 is 1.90 bits per heavy atom. The standard InChI is InChI=1S/C19H20F4N4O3S/c1-3-24-18-13(5-8-16(26-18)19(21,22)23)6-9-17(28)25-11-12-4-7-15(14(20)10-12)27-31(2,29)30/h4-10,27H,3,11H2,1-2H3,(H,24,26)(H,25,28)/b9-6+. The van der Waals surface area contributed by atoms with Crippen LogP contribution in [0.4, 0.5) is 29.1 Å². The molecule has 31 heavy (non-hydrogen) atoms. The topological polar surface area (TPSA) is 100 Å². The number of hydrogen-bond donors (Lipinski definition) is 3. The average molecular weight is 460 g/mol. The van der Waals surface area contributed by atoms with E-state index < -0.39 is 33.6 Å². The maximum Gasteiger partial charge on any atom is 0.433 e. The van der Waals surface area contributed by atoms with Gasteiger partial charge in [0, 0.05) is 24.7 Å². The Kier molecular flexibility index (Phi) is 7.60. The molecule has 0 atom stereocenters. The van der Waals surface area contributed by atoms with Crippen LogP contribution in [0.1, 0.15) is 23.7 Å². The summed E-state index contributed by atoms with van der Waals surface area (Å²) in [7, 11) is -3.63. The van der Waals surface area contributed by atoms with Crippen LogP contribution in [0.15, 0.2) is 36.4 Å². The van der Waals surface area contributed by atoms with Crippen molar-refractivity contribution in [1.82, 2.24) is 10.3 Å². The molecule has 0 saturated carbocycles. The third-order valence-electron chi connectivity index (χ3n) is 3.77. The molecule has 7 nitrogen and oxygen atoms in total. The molecule has 1 heterocycles. The predicted octanol–water partition coefficient (Wildman–Crippen LogP) is 3.37. The van der Waals surface area contributed by atoms with Crippen LogP contribution in [-0.2, 0) is 27.5 Å². The number of nitrogens with one attached hydrogen (secondary N) is 3. The van der Waals surface area contributed by atoms with Gasteiger partial charge in [-0.05, 0) is 42.8 Å². The number of rotatable bonds is 8. The van der Waals surface area contributed by atoms with Crippen molar-refractivity contribution in [1.29, 1.82) is 0 Å². The number of carbonyl (C=O) groups excluding carboxylic acids is 1. The van der Waals surface area contributed by atoms with Gasteiger partial charge in [0.15, 0.2) is 0 Å². The molecule has 1 aromatic heterocycles. The lowest BCUT2D eigenvalue weighted by Crippen LogP contribution is -2.20. The third kappa shape index (κ3) is 7.55. The summed E-state index contributed by atoms with van der Waals surface area (Å²) in [4.78, 5) is 15.6. The lowest BCUT2D eigenvalue weighted by Gasteiger charge is -2.11. The van der Waals surface area contributed by atoms with Crippen LogP contribution in [0.2, 0.25) is 0 Å². The van der Waals surface area contributed by atoms with Crippen molar-refractivity contribution in [3.05, 3.63) is 59.0 Å². The molecule has 0 aliphatic rings. The number of amides is 1. The monoisotopic (exact) mass is 460 g/mol. The van der Waals surface area contributed by atoms with E-state index in [0.717, 1.165) is 24.5 Å². The zero-order chi connectivity index (χ0) is 23.2. The molecule has 2 aromatic rings. The molecule has 2 rings (SSSR count). The molecule has 0 unspecified atom stereocenters. The van der Waals surface area contributed by atoms with Crippen molar-refractivity contribution in [3.63, 3.8) is 0 Å². The molecule has 12 heteroatoms. The molecule has 0 spiro atoms. The number of nitrogens with zero attached hydrogens (tertiary/aromatic N) is 1. The number of aromatic nitrogens is 1. The summed E-state index contributed by atoms with van der Waals surface area (Å²) in [5.74, 6) is -1.39. The highest BCUT2D eigenvalue weighted by Crippen LogP contribution is 2.29. The smallest absolute Gasteiger partial charge is 0.370 e. The highest BCUT2D eigenvalue weighted by atomic mass is 32.2. The van der Waals surface area contributed by atoms with Gasteiger partial charge >= 0.3 is 6.18 Å². The molecule has 0 radical (unpaired) electrons. The first-order valence-corrected chi connectivity index (χ1v) is 10.8. The van der Waals surface area contributed by atoms with Crippen LogP contribution in [0, 0.1) is 5.82 Å². The number of sulfonamides is 1. The van der Waals surface area contributed by atoms with Crippen LogP contribution in [0.3, 0.4) is 0 Å². The fourth-order valence-electron chi connectivity index (χ4n) is 2.44. The van der Waals surface area contributed by atoms with Gasteiger partial charge in [-0.3, -0.25) is 9.52 Å². The fourth-order valence-corrected chi connectivity index (χ4v) is 3.00. The van der Waals surface area contributed by atoms with E-state index in [0.29, 0.717) is 12.1 Å². The van der Waals surface area contributed by atoms with Gasteiger partial charge in [-0.25, -0.2) is 17.8 Å². The van der Waals surface area contributed by atoms with Gasteiger partial charge in [-0.2, -0.15) is 13.2 Å². The molecule has 1 amide bonds. The lowest BCUT2D eigenvalue weighted by atomic mass is 10.2. The van der Waals surface area contributed by atoms with Gasteiger partial charge < -0.3 is 10.6 Å². The van der Waals surface area contributed by atoms with Crippen molar-refractivity contribution in [2.45, 2.75) is 19.6 Å². The van der Waals surface area contributed by atoms with E-state index in [1.54, 1.807) is 6.92 Å². The molecule has 0 fully saturated rings. The maximum absolute atomic E-state index is 14.0. The number of halogens is 4. The SMILES string of the molecule is CCNc1nc(C(F)(F)F)ccc1/C=C/C(=O)NCc1ccc(NS(C)(=O)=O)c(F)c1. The Morgan fingerprint density at radius 3 is 2.48 bits per heavy atom. The van der Waals surface area contributed by atoms with Crippen LogP contribution in [-0.4, -0.2) is 32.1 Å². The van der Waals surface area contributed by atoms with Gasteiger partial charge in [-0.15, -0.1) is 0 Å². The first-order chi connectivity index (χ1) is 14.4. The number of benzene rings is 1. The Balaban J connectivity index is 2.05. The van der Waals surface area contributed by atoms with Gasteiger partial charge in [0.2, 0.25) is 15.9 Å². The Hall–Kier alpha value is -3.15. The summed E-state index contributed by atoms with van der Waals surface area (Å²) in [6, 6.07) is 5.74. The zero-order valence-corrected chi connectivity index (χ0v) is 17.4. The first kappa shape index (κ1) is 24.1. The molecule has 168 valence electrons. The van der Waals surface area contributed by atoms with Crippen molar-refractivity contribution < 1.29 is 30.8 Å². The minimum atomic E-state index is -4.59. The number of hydrogen-bond acceptors (Lipinski definition) is 5. The van der Waals surface area contributed by atoms with Crippen LogP contribution in [0.5, 0.6) is 0 Å². The largest absolute Gasteiger partial charge is 0.433 e. The van der Waals surface area contributed by atoms with E-state index >= 15 is 0 Å². The second kappa shape index (κ2) is 9.77. The molecule has 3 N–H and O–H groups in total. The third-order valence-corrected chi connectivity index (χ3v) is 4.36. The van der Waals surface area contributed by atoms with Crippen LogP contribution in [0.25, 0.3) is 6.08 Å². The van der Waals surface area contributed by atoms with Crippen molar-refractivity contribution >= 4 is 33.5 Å². The molecular weight excluding hydrogens is 440 g/mol. The molecular formula is C19H20F4N4O3S. The quantitative estimate of drug-likeness (QED) is 0.414. The Bertz CT molecular complexity index is 1090. The highest BCUT2D eigenvalue weighted by molar-refractivity contribution is 7.92. The van der Waals surface area contributed by atoms with Crippen molar-refractivity contribution in [3.8, 4) is 0 Å². The predicted molar refractivity (Wildman–Crippen MR) is 109 cm³/mol. The van der Waals surface area contributed by atoms with E-state index in [1.807, 2.05) is 4.72 Å². The van der Waals surface area contributed by atoms with Crippen molar-refractivity contribution in [2.75, 3.05) is 22.8 Å². The van der Waals surface area contributed by atoms with Crippen LogP contribution >= 0.6 is 0 Å². The summed E-state index contributed by atoms with van der Waals surface area (Å²) >= 11 is 0. The van der Waals surface area contributed by atoms with Crippen molar-refractivity contribution in [2.24, 2.45) is 0 Å². The van der Waals surface area contributed by atoms with Gasteiger partial charge in [0.25, 0.3) is 0 Å². The first-order valence-electron chi connectivity index (χ1n) is 8.93. The fraction of sp³-hybridized carbons (Fsp3) is 0.263. The summed E-state index contributed by atoms with van der Waals surface area (Å²) in [5.41, 5.74) is -0.612. The second-order valence-electron chi connectivity index (χ2n) is 6.40. The summed E-state index contributed by atoms with van der Waals surface area (Å²) < 4.78 is 76.8. The van der Waals surface area contributed by atoms with E-state index in [-0.39, 0.29) is 23.6 Å². The van der Waals surface area contributed by atoms with E-state index in [1.165, 1.54) is 24.3 Å². The summed E-state index contributed by atoms with van der Waals surface area (Å²) in [6.07, 6.45) is -1.28. The second-order valence-corrected chi connectivity index (χ2v) is 8.15. The lowest BCUT2D eigenvalue weighted by molar-refractivity contribution is -0.141. The number of carbonyl (C=O) groups is 1. The maximum atomic E-state index is 14.0. The number of anilines is 2. The molecule has 1 aromatic carbocycles. The average Bonchev–Trinajstić information content (AvgIpc) is 2.65. The number of alkyl halides is 3. The molecule has 0 saturated heterocycles. The zero-order valence-electron chi connectivity index (χ0n) is 16.5.